The zero-order chi connectivity index (χ0) is 10.6. The number of aliphatic hydroxyl groups is 1. The van der Waals surface area contributed by atoms with E-state index in [-0.39, 0.29) is 6.10 Å². The summed E-state index contributed by atoms with van der Waals surface area (Å²) >= 11 is 0. The van der Waals surface area contributed by atoms with Gasteiger partial charge in [0.1, 0.15) is 5.78 Å². The van der Waals surface area contributed by atoms with Crippen LogP contribution in [0.1, 0.15) is 52.4 Å². The second-order valence-corrected chi connectivity index (χ2v) is 4.74. The van der Waals surface area contributed by atoms with Gasteiger partial charge in [-0.3, -0.25) is 4.79 Å². The van der Waals surface area contributed by atoms with Crippen molar-refractivity contribution < 1.29 is 9.90 Å². The highest BCUT2D eigenvalue weighted by Gasteiger charge is 2.19. The zero-order valence-electron chi connectivity index (χ0n) is 9.33. The van der Waals surface area contributed by atoms with E-state index in [9.17, 15) is 4.79 Å². The molecular formula is C12H22O2. The van der Waals surface area contributed by atoms with Crippen LogP contribution in [-0.4, -0.2) is 17.0 Å². The molecule has 0 aromatic carbocycles. The molecule has 1 N–H and O–H groups in total. The van der Waals surface area contributed by atoms with E-state index in [4.69, 9.17) is 5.11 Å². The van der Waals surface area contributed by atoms with Crippen LogP contribution in [0.2, 0.25) is 0 Å². The Bertz CT molecular complexity index is 181. The second kappa shape index (κ2) is 5.50. The average Bonchev–Trinajstić information content (AvgIpc) is 2.67. The van der Waals surface area contributed by atoms with E-state index in [1.165, 1.54) is 12.8 Å². The molecule has 0 radical (unpaired) electrons. The summed E-state index contributed by atoms with van der Waals surface area (Å²) in [4.78, 5) is 10.6. The fraction of sp³-hybridized carbons (Fsp3) is 0.917. The maximum Gasteiger partial charge on any atom is 0.135 e. The predicted molar refractivity (Wildman–Crippen MR) is 57.0 cm³/mol. The molecule has 2 heteroatoms. The lowest BCUT2D eigenvalue weighted by molar-refractivity contribution is -0.120. The first kappa shape index (κ1) is 11.7. The predicted octanol–water partition coefficient (Wildman–Crippen LogP) is 2.54. The summed E-state index contributed by atoms with van der Waals surface area (Å²) in [6.07, 6.45) is 6.57. The molecule has 0 saturated heterocycles. The van der Waals surface area contributed by atoms with Crippen molar-refractivity contribution in [2.45, 2.75) is 58.5 Å². The minimum Gasteiger partial charge on any atom is -0.393 e. The third-order valence-corrected chi connectivity index (χ3v) is 3.43. The third kappa shape index (κ3) is 3.41. The fourth-order valence-electron chi connectivity index (χ4n) is 2.12. The molecule has 0 heterocycles. The van der Waals surface area contributed by atoms with Crippen LogP contribution in [0.3, 0.4) is 0 Å². The monoisotopic (exact) mass is 198 g/mol. The van der Waals surface area contributed by atoms with Crippen molar-refractivity contribution in [1.29, 1.82) is 0 Å². The van der Waals surface area contributed by atoms with Crippen molar-refractivity contribution in [2.75, 3.05) is 0 Å². The summed E-state index contributed by atoms with van der Waals surface area (Å²) in [5, 5.41) is 9.00. The summed E-state index contributed by atoms with van der Waals surface area (Å²) in [6, 6.07) is 0. The lowest BCUT2D eigenvalue weighted by atomic mass is 10.1. The molecule has 2 rings (SSSR count). The van der Waals surface area contributed by atoms with E-state index in [1.807, 2.05) is 6.92 Å². The Hall–Kier alpha value is -0.370. The molecule has 1 unspecified atom stereocenters. The Morgan fingerprint density at radius 1 is 1.14 bits per heavy atom. The Morgan fingerprint density at radius 3 is 2.00 bits per heavy atom. The minimum atomic E-state index is 0.0139. The topological polar surface area (TPSA) is 37.3 Å². The number of rotatable bonds is 0. The van der Waals surface area contributed by atoms with Gasteiger partial charge in [0, 0.05) is 12.3 Å². The molecule has 2 nitrogen and oxygen atoms in total. The van der Waals surface area contributed by atoms with Gasteiger partial charge in [0.2, 0.25) is 0 Å². The van der Waals surface area contributed by atoms with E-state index in [0.717, 1.165) is 25.7 Å². The summed E-state index contributed by atoms with van der Waals surface area (Å²) in [5.41, 5.74) is 0. The Kier molecular flexibility index (Phi) is 4.59. The molecule has 0 aromatic heterocycles. The number of ketones is 1. The first-order valence-electron chi connectivity index (χ1n) is 5.82. The first-order valence-corrected chi connectivity index (χ1v) is 5.82. The highest BCUT2D eigenvalue weighted by Crippen LogP contribution is 2.23. The van der Waals surface area contributed by atoms with Crippen LogP contribution >= 0.6 is 0 Å². The number of hydrogen-bond acceptors (Lipinski definition) is 2. The lowest BCUT2D eigenvalue weighted by Crippen LogP contribution is -2.07. The molecule has 3 atom stereocenters. The largest absolute Gasteiger partial charge is 0.393 e. The lowest BCUT2D eigenvalue weighted by Gasteiger charge is -2.04. The van der Waals surface area contributed by atoms with Gasteiger partial charge in [-0.2, -0.15) is 0 Å². The molecule has 0 aromatic rings. The molecule has 0 bridgehead atoms. The molecule has 0 spiro atoms. The van der Waals surface area contributed by atoms with Crippen molar-refractivity contribution in [2.24, 2.45) is 11.8 Å². The number of carbonyl (C=O) groups excluding carboxylic acids is 1. The second-order valence-electron chi connectivity index (χ2n) is 4.74. The van der Waals surface area contributed by atoms with Gasteiger partial charge in [0.05, 0.1) is 6.10 Å². The third-order valence-electron chi connectivity index (χ3n) is 3.43. The molecule has 0 aliphatic heterocycles. The van der Waals surface area contributed by atoms with Gasteiger partial charge < -0.3 is 5.11 Å². The normalized spacial score (nSPS) is 36.8. The number of Topliss-reactive ketones (excluding diaryl/α,β-unsaturated/α-hetero) is 1. The maximum absolute atomic E-state index is 10.6. The summed E-state index contributed by atoms with van der Waals surface area (Å²) in [5.74, 6) is 1.40. The SMILES string of the molecule is CC1CCCC1=O.C[C@@H]1CCC[C@H]1O. The van der Waals surface area contributed by atoms with Crippen molar-refractivity contribution in [3.05, 3.63) is 0 Å². The Labute approximate surface area is 86.7 Å². The van der Waals surface area contributed by atoms with E-state index in [2.05, 4.69) is 6.92 Å². The van der Waals surface area contributed by atoms with Crippen molar-refractivity contribution in [3.8, 4) is 0 Å². The van der Waals surface area contributed by atoms with Crippen LogP contribution in [-0.2, 0) is 4.79 Å². The van der Waals surface area contributed by atoms with Crippen LogP contribution in [0.25, 0.3) is 0 Å². The standard InChI is InChI=1S/C6H12O.C6H10O/c2*1-5-3-2-4-6(5)7/h5-7H,2-4H2,1H3;5H,2-4H2,1H3/t5-,6-;/m1./s1. The number of hydrogen-bond donors (Lipinski definition) is 1. The molecule has 14 heavy (non-hydrogen) atoms. The van der Waals surface area contributed by atoms with Crippen LogP contribution in [0.4, 0.5) is 0 Å². The summed E-state index contributed by atoms with van der Waals surface area (Å²) in [6.45, 7) is 4.12. The van der Waals surface area contributed by atoms with Gasteiger partial charge in [-0.05, 0) is 31.6 Å². The summed E-state index contributed by atoms with van der Waals surface area (Å²) < 4.78 is 0. The average molecular weight is 198 g/mol. The van der Waals surface area contributed by atoms with Gasteiger partial charge >= 0.3 is 0 Å². The molecule has 2 fully saturated rings. The first-order chi connectivity index (χ1) is 6.61. The highest BCUT2D eigenvalue weighted by atomic mass is 16.3. The van der Waals surface area contributed by atoms with Crippen molar-refractivity contribution >= 4 is 5.78 Å². The molecule has 2 saturated carbocycles. The van der Waals surface area contributed by atoms with Gasteiger partial charge in [0.15, 0.2) is 0 Å². The quantitative estimate of drug-likeness (QED) is 0.649. The Balaban J connectivity index is 0.000000140. The van der Waals surface area contributed by atoms with Crippen LogP contribution in [0, 0.1) is 11.8 Å². The number of carbonyl (C=O) groups is 1. The van der Waals surface area contributed by atoms with Crippen molar-refractivity contribution in [1.82, 2.24) is 0 Å². The molecule has 2 aliphatic carbocycles. The van der Waals surface area contributed by atoms with E-state index >= 15 is 0 Å². The Morgan fingerprint density at radius 2 is 1.86 bits per heavy atom. The van der Waals surface area contributed by atoms with Crippen LogP contribution in [0.15, 0.2) is 0 Å². The van der Waals surface area contributed by atoms with Crippen LogP contribution < -0.4 is 0 Å². The van der Waals surface area contributed by atoms with E-state index in [0.29, 0.717) is 17.6 Å². The maximum atomic E-state index is 10.6. The fourth-order valence-corrected chi connectivity index (χ4v) is 2.12. The van der Waals surface area contributed by atoms with E-state index < -0.39 is 0 Å². The summed E-state index contributed by atoms with van der Waals surface area (Å²) in [7, 11) is 0. The van der Waals surface area contributed by atoms with Gasteiger partial charge in [0.25, 0.3) is 0 Å². The minimum absolute atomic E-state index is 0.0139. The molecule has 0 amide bonds. The van der Waals surface area contributed by atoms with Gasteiger partial charge in [-0.1, -0.05) is 20.3 Å². The van der Waals surface area contributed by atoms with Crippen LogP contribution in [0.5, 0.6) is 0 Å². The van der Waals surface area contributed by atoms with Crippen molar-refractivity contribution in [3.63, 3.8) is 0 Å². The zero-order valence-corrected chi connectivity index (χ0v) is 9.33. The van der Waals surface area contributed by atoms with Gasteiger partial charge in [-0.15, -0.1) is 0 Å². The molecule has 82 valence electrons. The van der Waals surface area contributed by atoms with Gasteiger partial charge in [-0.25, -0.2) is 0 Å². The molecular weight excluding hydrogens is 176 g/mol. The highest BCUT2D eigenvalue weighted by molar-refractivity contribution is 5.82. The smallest absolute Gasteiger partial charge is 0.135 e. The number of aliphatic hydroxyl groups excluding tert-OH is 1. The van der Waals surface area contributed by atoms with E-state index in [1.54, 1.807) is 0 Å². The molecule has 2 aliphatic rings.